The first-order valence-electron chi connectivity index (χ1n) is 5.79. The van der Waals surface area contributed by atoms with Crippen LogP contribution in [0.15, 0.2) is 18.2 Å². The van der Waals surface area contributed by atoms with Crippen LogP contribution >= 0.6 is 0 Å². The second-order valence-electron chi connectivity index (χ2n) is 4.51. The van der Waals surface area contributed by atoms with E-state index in [0.29, 0.717) is 11.4 Å². The molecule has 3 rings (SSSR count). The predicted molar refractivity (Wildman–Crippen MR) is 64.7 cm³/mol. The van der Waals surface area contributed by atoms with Crippen molar-refractivity contribution in [3.63, 3.8) is 0 Å². The Labute approximate surface area is 99.1 Å². The van der Waals surface area contributed by atoms with Gasteiger partial charge in [0.25, 0.3) is 0 Å². The van der Waals surface area contributed by atoms with Crippen LogP contribution in [0.4, 0.5) is 10.2 Å². The number of aromatic nitrogens is 2. The first-order chi connectivity index (χ1) is 8.16. The molecule has 0 atom stereocenters. The molecule has 0 amide bonds. The molecule has 0 saturated heterocycles. The van der Waals surface area contributed by atoms with Crippen LogP contribution in [0, 0.1) is 12.7 Å². The minimum atomic E-state index is -0.205. The number of anilines is 1. The Morgan fingerprint density at radius 2 is 2.18 bits per heavy atom. The summed E-state index contributed by atoms with van der Waals surface area (Å²) in [6, 6.07) is 5.16. The fourth-order valence-corrected chi connectivity index (χ4v) is 2.39. The zero-order valence-electron chi connectivity index (χ0n) is 9.70. The van der Waals surface area contributed by atoms with Crippen LogP contribution < -0.4 is 5.73 Å². The van der Waals surface area contributed by atoms with E-state index >= 15 is 0 Å². The molecule has 0 spiro atoms. The summed E-state index contributed by atoms with van der Waals surface area (Å²) in [5.74, 6) is 0.377. The second kappa shape index (κ2) is 3.58. The van der Waals surface area contributed by atoms with E-state index in [-0.39, 0.29) is 5.82 Å². The number of aryl methyl sites for hydroxylation is 1. The molecule has 0 bridgehead atoms. The molecule has 2 aromatic rings. The molecule has 0 saturated carbocycles. The van der Waals surface area contributed by atoms with Crippen LogP contribution in [0.5, 0.6) is 0 Å². The van der Waals surface area contributed by atoms with Gasteiger partial charge in [0.1, 0.15) is 11.6 Å². The Morgan fingerprint density at radius 3 is 2.94 bits per heavy atom. The maximum atomic E-state index is 13.6. The topological polar surface area (TPSA) is 43.8 Å². The maximum Gasteiger partial charge on any atom is 0.149 e. The van der Waals surface area contributed by atoms with Gasteiger partial charge in [-0.15, -0.1) is 0 Å². The Hall–Kier alpha value is -1.84. The van der Waals surface area contributed by atoms with Gasteiger partial charge in [-0.1, -0.05) is 6.07 Å². The molecule has 0 fully saturated rings. The highest BCUT2D eigenvalue weighted by molar-refractivity contribution is 5.49. The van der Waals surface area contributed by atoms with E-state index in [1.165, 1.54) is 6.07 Å². The minimum absolute atomic E-state index is 0.205. The lowest BCUT2D eigenvalue weighted by molar-refractivity contribution is 0.615. The molecule has 2 N–H and O–H groups in total. The summed E-state index contributed by atoms with van der Waals surface area (Å²) in [7, 11) is 0. The molecule has 0 radical (unpaired) electrons. The third kappa shape index (κ3) is 1.52. The zero-order chi connectivity index (χ0) is 12.0. The van der Waals surface area contributed by atoms with Crippen LogP contribution in [0.2, 0.25) is 0 Å². The molecule has 3 nitrogen and oxygen atoms in total. The van der Waals surface area contributed by atoms with Gasteiger partial charge in [0.2, 0.25) is 0 Å². The first-order valence-corrected chi connectivity index (χ1v) is 5.79. The standard InChI is InChI=1S/C13H14FN3/c1-8-5-6-9(7-11(8)14)17-12-4-2-3-10(12)13(15)16-17/h5-7H,2-4H2,1H3,(H2,15,16). The van der Waals surface area contributed by atoms with E-state index in [0.717, 1.165) is 36.2 Å². The number of rotatable bonds is 1. The Balaban J connectivity index is 2.15. The van der Waals surface area contributed by atoms with E-state index in [1.54, 1.807) is 17.7 Å². The van der Waals surface area contributed by atoms with Gasteiger partial charge in [0, 0.05) is 11.3 Å². The number of fused-ring (bicyclic) bond motifs is 1. The van der Waals surface area contributed by atoms with Crippen LogP contribution in [-0.4, -0.2) is 9.78 Å². The number of halogens is 1. The molecular formula is C13H14FN3. The molecule has 1 heterocycles. The first kappa shape index (κ1) is 10.3. The molecule has 0 aliphatic heterocycles. The average molecular weight is 231 g/mol. The molecule has 1 aliphatic carbocycles. The Bertz CT molecular complexity index is 587. The minimum Gasteiger partial charge on any atom is -0.382 e. The van der Waals surface area contributed by atoms with E-state index in [1.807, 2.05) is 6.07 Å². The van der Waals surface area contributed by atoms with Crippen molar-refractivity contribution in [3.05, 3.63) is 40.8 Å². The van der Waals surface area contributed by atoms with Gasteiger partial charge in [-0.05, 0) is 43.9 Å². The lowest BCUT2D eigenvalue weighted by atomic mass is 10.2. The van der Waals surface area contributed by atoms with Crippen LogP contribution in [0.1, 0.15) is 23.2 Å². The third-order valence-corrected chi connectivity index (χ3v) is 3.36. The van der Waals surface area contributed by atoms with Crippen molar-refractivity contribution in [1.29, 1.82) is 0 Å². The van der Waals surface area contributed by atoms with Crippen molar-refractivity contribution in [3.8, 4) is 5.69 Å². The van der Waals surface area contributed by atoms with Gasteiger partial charge in [0.15, 0.2) is 0 Å². The van der Waals surface area contributed by atoms with E-state index in [4.69, 9.17) is 5.73 Å². The number of nitrogens with zero attached hydrogens (tertiary/aromatic N) is 2. The fourth-order valence-electron chi connectivity index (χ4n) is 2.39. The summed E-state index contributed by atoms with van der Waals surface area (Å²) in [5.41, 5.74) is 9.53. The van der Waals surface area contributed by atoms with Crippen molar-refractivity contribution < 1.29 is 4.39 Å². The smallest absolute Gasteiger partial charge is 0.149 e. The highest BCUT2D eigenvalue weighted by atomic mass is 19.1. The van der Waals surface area contributed by atoms with E-state index < -0.39 is 0 Å². The van der Waals surface area contributed by atoms with Gasteiger partial charge in [-0.25, -0.2) is 9.07 Å². The molecule has 1 aromatic carbocycles. The number of nitrogen functional groups attached to an aromatic ring is 1. The molecule has 17 heavy (non-hydrogen) atoms. The Kier molecular flexibility index (Phi) is 2.18. The quantitative estimate of drug-likeness (QED) is 0.819. The van der Waals surface area contributed by atoms with Crippen molar-refractivity contribution in [2.45, 2.75) is 26.2 Å². The van der Waals surface area contributed by atoms with Crippen molar-refractivity contribution in [2.24, 2.45) is 0 Å². The van der Waals surface area contributed by atoms with Crippen LogP contribution in [-0.2, 0) is 12.8 Å². The second-order valence-corrected chi connectivity index (χ2v) is 4.51. The van der Waals surface area contributed by atoms with Gasteiger partial charge in [0.05, 0.1) is 5.69 Å². The highest BCUT2D eigenvalue weighted by Crippen LogP contribution is 2.29. The number of benzene rings is 1. The largest absolute Gasteiger partial charge is 0.382 e. The van der Waals surface area contributed by atoms with Crippen molar-refractivity contribution in [2.75, 3.05) is 5.73 Å². The molecule has 1 aliphatic rings. The number of nitrogens with two attached hydrogens (primary N) is 1. The molecule has 4 heteroatoms. The fraction of sp³-hybridized carbons (Fsp3) is 0.308. The maximum absolute atomic E-state index is 13.6. The predicted octanol–water partition coefficient (Wildman–Crippen LogP) is 2.39. The van der Waals surface area contributed by atoms with Crippen molar-refractivity contribution in [1.82, 2.24) is 9.78 Å². The Morgan fingerprint density at radius 1 is 1.35 bits per heavy atom. The van der Waals surface area contributed by atoms with Crippen molar-refractivity contribution >= 4 is 5.82 Å². The van der Waals surface area contributed by atoms with E-state index in [2.05, 4.69) is 5.10 Å². The summed E-state index contributed by atoms with van der Waals surface area (Å²) in [6.07, 6.45) is 3.05. The van der Waals surface area contributed by atoms with Crippen LogP contribution in [0.25, 0.3) is 5.69 Å². The zero-order valence-corrected chi connectivity index (χ0v) is 9.70. The molecular weight excluding hydrogens is 217 g/mol. The summed E-state index contributed by atoms with van der Waals surface area (Å²) < 4.78 is 15.3. The van der Waals surface area contributed by atoms with Gasteiger partial charge < -0.3 is 5.73 Å². The SMILES string of the molecule is Cc1ccc(-n2nc(N)c3c2CCC3)cc1F. The van der Waals surface area contributed by atoms with Gasteiger partial charge in [-0.2, -0.15) is 5.10 Å². The summed E-state index contributed by atoms with van der Waals surface area (Å²) in [6.45, 7) is 1.75. The normalized spacial score (nSPS) is 14.0. The highest BCUT2D eigenvalue weighted by Gasteiger charge is 2.21. The molecule has 88 valence electrons. The molecule has 0 unspecified atom stereocenters. The van der Waals surface area contributed by atoms with E-state index in [9.17, 15) is 4.39 Å². The van der Waals surface area contributed by atoms with Gasteiger partial charge >= 0.3 is 0 Å². The average Bonchev–Trinajstić information content (AvgIpc) is 2.87. The van der Waals surface area contributed by atoms with Crippen LogP contribution in [0.3, 0.4) is 0 Å². The lowest BCUT2D eigenvalue weighted by Gasteiger charge is -2.06. The summed E-state index contributed by atoms with van der Waals surface area (Å²) >= 11 is 0. The summed E-state index contributed by atoms with van der Waals surface area (Å²) in [4.78, 5) is 0. The lowest BCUT2D eigenvalue weighted by Crippen LogP contribution is -2.02. The summed E-state index contributed by atoms with van der Waals surface area (Å²) in [5, 5.41) is 4.30. The van der Waals surface area contributed by atoms with Gasteiger partial charge in [-0.3, -0.25) is 0 Å². The molecule has 1 aromatic heterocycles. The monoisotopic (exact) mass is 231 g/mol. The number of hydrogen-bond acceptors (Lipinski definition) is 2. The third-order valence-electron chi connectivity index (χ3n) is 3.36. The number of hydrogen-bond donors (Lipinski definition) is 1.